The lowest BCUT2D eigenvalue weighted by molar-refractivity contribution is 0.679. The van der Waals surface area contributed by atoms with Crippen LogP contribution in [0.1, 0.15) is 45.1 Å². The number of rotatable bonds is 8. The number of halogens is 1. The lowest BCUT2D eigenvalue weighted by Gasteiger charge is -2.20. The molecule has 3 heteroatoms. The van der Waals surface area contributed by atoms with E-state index in [1.807, 2.05) is 12.2 Å². The van der Waals surface area contributed by atoms with Crippen LogP contribution in [-0.4, -0.2) is 19.6 Å². The molecule has 0 aromatic heterocycles. The fourth-order valence-electron chi connectivity index (χ4n) is 3.07. The van der Waals surface area contributed by atoms with Crippen LogP contribution in [0.5, 0.6) is 0 Å². The second kappa shape index (κ2) is 8.98. The number of allylic oxidation sites excluding steroid dienone is 3. The fourth-order valence-corrected chi connectivity index (χ4v) is 3.23. The van der Waals surface area contributed by atoms with E-state index >= 15 is 0 Å². The summed E-state index contributed by atoms with van der Waals surface area (Å²) in [7, 11) is 0. The zero-order valence-corrected chi connectivity index (χ0v) is 15.9. The van der Waals surface area contributed by atoms with Crippen LogP contribution in [0.3, 0.4) is 0 Å². The van der Waals surface area contributed by atoms with E-state index in [-0.39, 0.29) is 0 Å². The molecule has 0 spiro atoms. The van der Waals surface area contributed by atoms with E-state index in [4.69, 9.17) is 11.6 Å². The van der Waals surface area contributed by atoms with Crippen molar-refractivity contribution in [3.05, 3.63) is 64.9 Å². The van der Waals surface area contributed by atoms with Crippen molar-refractivity contribution in [2.24, 2.45) is 0 Å². The first kappa shape index (κ1) is 18.7. The molecular weight excluding hydrogens is 316 g/mol. The van der Waals surface area contributed by atoms with Crippen LogP contribution < -0.4 is 10.2 Å². The summed E-state index contributed by atoms with van der Waals surface area (Å²) in [6, 6.07) is 8.68. The molecule has 1 aromatic carbocycles. The molecule has 2 rings (SSSR count). The van der Waals surface area contributed by atoms with Crippen molar-refractivity contribution in [2.45, 2.75) is 39.5 Å². The van der Waals surface area contributed by atoms with E-state index < -0.39 is 0 Å². The third kappa shape index (κ3) is 4.91. The van der Waals surface area contributed by atoms with Crippen LogP contribution in [0.25, 0.3) is 0 Å². The summed E-state index contributed by atoms with van der Waals surface area (Å²) < 4.78 is 0. The maximum atomic E-state index is 6.25. The minimum atomic E-state index is 0.355. The molecule has 0 saturated heterocycles. The first-order chi connectivity index (χ1) is 11.5. The van der Waals surface area contributed by atoms with Gasteiger partial charge in [-0.2, -0.15) is 0 Å². The first-order valence-electron chi connectivity index (χ1n) is 8.79. The van der Waals surface area contributed by atoms with Crippen LogP contribution in [0.2, 0.25) is 0 Å². The van der Waals surface area contributed by atoms with Gasteiger partial charge in [-0.15, -0.1) is 0 Å². The number of para-hydroxylation sites is 1. The van der Waals surface area contributed by atoms with Gasteiger partial charge in [-0.25, -0.2) is 0 Å². The van der Waals surface area contributed by atoms with E-state index in [1.54, 1.807) is 0 Å². The molecule has 0 saturated carbocycles. The van der Waals surface area contributed by atoms with Crippen molar-refractivity contribution in [3.8, 4) is 0 Å². The predicted molar refractivity (Wildman–Crippen MR) is 107 cm³/mol. The SMILES string of the molecule is C=C(NCC/C(Cl)=C\C=C(C)C)C1CN(CCC)c2ccccc21. The molecule has 1 heterocycles. The molecule has 1 N–H and O–H groups in total. The van der Waals surface area contributed by atoms with Gasteiger partial charge in [0.25, 0.3) is 0 Å². The van der Waals surface area contributed by atoms with Crippen molar-refractivity contribution >= 4 is 17.3 Å². The normalized spacial score (nSPS) is 16.8. The predicted octanol–water partition coefficient (Wildman–Crippen LogP) is 5.58. The van der Waals surface area contributed by atoms with Gasteiger partial charge in [0.1, 0.15) is 0 Å². The highest BCUT2D eigenvalue weighted by molar-refractivity contribution is 6.29. The van der Waals surface area contributed by atoms with Gasteiger partial charge in [0.05, 0.1) is 0 Å². The summed E-state index contributed by atoms with van der Waals surface area (Å²) in [6.07, 6.45) is 6.01. The molecule has 1 aliphatic heterocycles. The third-order valence-electron chi connectivity index (χ3n) is 4.28. The van der Waals surface area contributed by atoms with Gasteiger partial charge < -0.3 is 10.2 Å². The molecule has 24 heavy (non-hydrogen) atoms. The Kier molecular flexibility index (Phi) is 6.99. The third-order valence-corrected chi connectivity index (χ3v) is 4.60. The number of nitrogens with one attached hydrogen (secondary N) is 1. The largest absolute Gasteiger partial charge is 0.388 e. The van der Waals surface area contributed by atoms with E-state index in [9.17, 15) is 0 Å². The molecular formula is C21H29ClN2. The van der Waals surface area contributed by atoms with Crippen molar-refractivity contribution < 1.29 is 0 Å². The van der Waals surface area contributed by atoms with Crippen LogP contribution >= 0.6 is 11.6 Å². The zero-order valence-electron chi connectivity index (χ0n) is 15.1. The summed E-state index contributed by atoms with van der Waals surface area (Å²) >= 11 is 6.25. The van der Waals surface area contributed by atoms with Crippen LogP contribution in [0.4, 0.5) is 5.69 Å². The highest BCUT2D eigenvalue weighted by atomic mass is 35.5. The zero-order chi connectivity index (χ0) is 17.5. The van der Waals surface area contributed by atoms with Gasteiger partial charge in [0.15, 0.2) is 0 Å². The molecule has 1 aromatic rings. The molecule has 0 aliphatic carbocycles. The Balaban J connectivity index is 1.94. The average Bonchev–Trinajstić information content (AvgIpc) is 2.92. The first-order valence-corrected chi connectivity index (χ1v) is 9.16. The highest BCUT2D eigenvalue weighted by Crippen LogP contribution is 2.38. The van der Waals surface area contributed by atoms with Crippen LogP contribution in [0, 0.1) is 0 Å². The summed E-state index contributed by atoms with van der Waals surface area (Å²) in [4.78, 5) is 2.47. The number of nitrogens with zero attached hydrogens (tertiary/aromatic N) is 1. The van der Waals surface area contributed by atoms with Crippen molar-refractivity contribution in [1.29, 1.82) is 0 Å². The van der Waals surface area contributed by atoms with E-state index in [1.165, 1.54) is 16.8 Å². The van der Waals surface area contributed by atoms with E-state index in [0.29, 0.717) is 5.92 Å². The minimum Gasteiger partial charge on any atom is -0.388 e. The monoisotopic (exact) mass is 344 g/mol. The highest BCUT2D eigenvalue weighted by Gasteiger charge is 2.29. The van der Waals surface area contributed by atoms with Crippen molar-refractivity contribution in [2.75, 3.05) is 24.5 Å². The lowest BCUT2D eigenvalue weighted by Crippen LogP contribution is -2.26. The summed E-state index contributed by atoms with van der Waals surface area (Å²) in [5.41, 5.74) is 5.08. The molecule has 2 nitrogen and oxygen atoms in total. The standard InChI is InChI=1S/C21H29ClN2/c1-5-14-24-15-20(19-8-6-7-9-21(19)24)17(4)23-13-12-18(22)11-10-16(2)3/h6-11,20,23H,4-5,12-15H2,1-3H3/b18-11+. The summed E-state index contributed by atoms with van der Waals surface area (Å²) in [5.74, 6) is 0.355. The summed E-state index contributed by atoms with van der Waals surface area (Å²) in [5, 5.41) is 4.35. The molecule has 1 unspecified atom stereocenters. The molecule has 130 valence electrons. The molecule has 0 fully saturated rings. The number of benzene rings is 1. The topological polar surface area (TPSA) is 15.3 Å². The van der Waals surface area contributed by atoms with Crippen LogP contribution in [-0.2, 0) is 0 Å². The minimum absolute atomic E-state index is 0.355. The Morgan fingerprint density at radius 1 is 1.33 bits per heavy atom. The van der Waals surface area contributed by atoms with E-state index in [0.717, 1.165) is 43.2 Å². The number of hydrogen-bond acceptors (Lipinski definition) is 2. The van der Waals surface area contributed by atoms with Gasteiger partial charge in [-0.05, 0) is 38.0 Å². The Bertz CT molecular complexity index is 626. The number of anilines is 1. The van der Waals surface area contributed by atoms with Gasteiger partial charge >= 0.3 is 0 Å². The second-order valence-corrected chi connectivity index (χ2v) is 7.10. The molecule has 1 aliphatic rings. The summed E-state index contributed by atoms with van der Waals surface area (Å²) in [6.45, 7) is 13.6. The quantitative estimate of drug-likeness (QED) is 0.619. The average molecular weight is 345 g/mol. The second-order valence-electron chi connectivity index (χ2n) is 6.62. The van der Waals surface area contributed by atoms with E-state index in [2.05, 4.69) is 61.8 Å². The Morgan fingerprint density at radius 3 is 2.79 bits per heavy atom. The van der Waals surface area contributed by atoms with Gasteiger partial charge in [0, 0.05) is 48.4 Å². The lowest BCUT2D eigenvalue weighted by atomic mass is 9.98. The number of hydrogen-bond donors (Lipinski definition) is 1. The molecule has 0 amide bonds. The van der Waals surface area contributed by atoms with Crippen molar-refractivity contribution in [1.82, 2.24) is 5.32 Å². The van der Waals surface area contributed by atoms with Gasteiger partial charge in [-0.1, -0.05) is 55.0 Å². The maximum absolute atomic E-state index is 6.25. The van der Waals surface area contributed by atoms with Crippen molar-refractivity contribution in [3.63, 3.8) is 0 Å². The van der Waals surface area contributed by atoms with Gasteiger partial charge in [0.2, 0.25) is 0 Å². The molecule has 0 bridgehead atoms. The van der Waals surface area contributed by atoms with Crippen LogP contribution in [0.15, 0.2) is 59.3 Å². The Morgan fingerprint density at radius 2 is 2.08 bits per heavy atom. The number of fused-ring (bicyclic) bond motifs is 1. The maximum Gasteiger partial charge on any atom is 0.0427 e. The smallest absolute Gasteiger partial charge is 0.0427 e. The molecule has 1 atom stereocenters. The van der Waals surface area contributed by atoms with Gasteiger partial charge in [-0.3, -0.25) is 0 Å². The Hall–Kier alpha value is -1.67. The fraction of sp³-hybridized carbons (Fsp3) is 0.429. The Labute approximate surface area is 151 Å². The molecule has 0 radical (unpaired) electrons.